The van der Waals surface area contributed by atoms with E-state index in [1.54, 1.807) is 30.3 Å². The topological polar surface area (TPSA) is 101 Å². The lowest BCUT2D eigenvalue weighted by molar-refractivity contribution is -0.137. The van der Waals surface area contributed by atoms with Crippen LogP contribution >= 0.6 is 0 Å². The number of alkyl halides is 3. The number of nitrogens with zero attached hydrogens (tertiary/aromatic N) is 1. The van der Waals surface area contributed by atoms with Crippen LogP contribution in [-0.4, -0.2) is 14.3 Å². The Kier molecular flexibility index (Phi) is 6.12. The third-order valence-electron chi connectivity index (χ3n) is 4.67. The van der Waals surface area contributed by atoms with Gasteiger partial charge in [-0.3, -0.25) is 4.79 Å². The van der Waals surface area contributed by atoms with Crippen molar-refractivity contribution in [2.24, 2.45) is 5.10 Å². The Hall–Kier alpha value is -4.12. The van der Waals surface area contributed by atoms with Crippen LogP contribution in [0.1, 0.15) is 15.9 Å². The van der Waals surface area contributed by atoms with Gasteiger partial charge in [0.15, 0.2) is 0 Å². The smallest absolute Gasteiger partial charge is 0.416 e. The van der Waals surface area contributed by atoms with E-state index in [0.29, 0.717) is 11.0 Å². The Balaban J connectivity index is 1.74. The van der Waals surface area contributed by atoms with Gasteiger partial charge in [0.1, 0.15) is 11.1 Å². The van der Waals surface area contributed by atoms with Crippen molar-refractivity contribution in [3.63, 3.8) is 0 Å². The molecule has 7 nitrogen and oxygen atoms in total. The number of para-hydroxylation sites is 1. The van der Waals surface area contributed by atoms with Gasteiger partial charge in [-0.25, -0.2) is 0 Å². The van der Waals surface area contributed by atoms with Gasteiger partial charge in [0.05, 0.1) is 10.5 Å². The number of hydrogen-bond acceptors (Lipinski definition) is 5. The maximum absolute atomic E-state index is 13.0. The van der Waals surface area contributed by atoms with Crippen molar-refractivity contribution in [2.75, 3.05) is 5.32 Å². The summed E-state index contributed by atoms with van der Waals surface area (Å²) in [5.41, 5.74) is -1.29. The summed E-state index contributed by atoms with van der Waals surface area (Å²) in [4.78, 5) is 14.9. The number of rotatable bonds is 5. The van der Waals surface area contributed by atoms with Gasteiger partial charge in [-0.15, -0.1) is 5.10 Å². The predicted octanol–water partition coefficient (Wildman–Crippen LogP) is 4.50. The minimum Gasteiger partial charge on any atom is -0.436 e. The molecule has 3 aromatic carbocycles. The number of amides is 1. The Morgan fingerprint density at radius 1 is 0.882 bits per heavy atom. The maximum atomic E-state index is 13.0. The van der Waals surface area contributed by atoms with Crippen LogP contribution in [-0.2, 0) is 16.2 Å². The lowest BCUT2D eigenvalue weighted by Crippen LogP contribution is -2.27. The highest BCUT2D eigenvalue weighted by Gasteiger charge is 2.30. The summed E-state index contributed by atoms with van der Waals surface area (Å²) >= 11 is 0. The number of benzene rings is 3. The normalized spacial score (nSPS) is 12.5. The molecule has 0 atom stereocenters. The Morgan fingerprint density at radius 2 is 1.59 bits per heavy atom. The highest BCUT2D eigenvalue weighted by molar-refractivity contribution is 7.89. The molecule has 0 radical (unpaired) electrons. The molecule has 2 N–H and O–H groups in total. The Morgan fingerprint density at radius 3 is 2.32 bits per heavy atom. The van der Waals surface area contributed by atoms with Crippen molar-refractivity contribution in [2.45, 2.75) is 11.1 Å². The lowest BCUT2D eigenvalue weighted by Gasteiger charge is -2.10. The number of carbonyl (C=O) groups excluding carboxylic acids is 1. The summed E-state index contributed by atoms with van der Waals surface area (Å²) in [5.74, 6) is -0.841. The molecule has 34 heavy (non-hydrogen) atoms. The highest BCUT2D eigenvalue weighted by atomic mass is 32.2. The third-order valence-corrected chi connectivity index (χ3v) is 5.89. The quantitative estimate of drug-likeness (QED) is 0.405. The zero-order valence-corrected chi connectivity index (χ0v) is 18.0. The first-order valence-electron chi connectivity index (χ1n) is 9.75. The fourth-order valence-corrected chi connectivity index (χ4v) is 3.86. The van der Waals surface area contributed by atoms with Crippen LogP contribution in [0.2, 0.25) is 0 Å². The fourth-order valence-electron chi connectivity index (χ4n) is 3.04. The molecule has 1 amide bonds. The molecule has 0 aliphatic carbocycles. The summed E-state index contributed by atoms with van der Waals surface area (Å²) < 4.78 is 69.7. The Bertz CT molecular complexity index is 1530. The minimum absolute atomic E-state index is 0.0606. The third kappa shape index (κ3) is 5.09. The molecule has 0 aliphatic rings. The van der Waals surface area contributed by atoms with E-state index in [1.807, 2.05) is 4.83 Å². The van der Waals surface area contributed by atoms with E-state index in [-0.39, 0.29) is 21.7 Å². The van der Waals surface area contributed by atoms with E-state index in [0.717, 1.165) is 18.2 Å². The van der Waals surface area contributed by atoms with E-state index in [9.17, 15) is 26.4 Å². The summed E-state index contributed by atoms with van der Waals surface area (Å²) in [6, 6.07) is 19.5. The van der Waals surface area contributed by atoms with Gasteiger partial charge in [0, 0.05) is 11.1 Å². The van der Waals surface area contributed by atoms with Gasteiger partial charge in [-0.1, -0.05) is 42.5 Å². The molecule has 0 saturated carbocycles. The van der Waals surface area contributed by atoms with Crippen LogP contribution in [0.3, 0.4) is 0 Å². The molecule has 0 fully saturated rings. The summed E-state index contributed by atoms with van der Waals surface area (Å²) in [6.45, 7) is 0. The second kappa shape index (κ2) is 9.02. The average molecular weight is 487 g/mol. The summed E-state index contributed by atoms with van der Waals surface area (Å²) in [5, 5.41) is 6.65. The largest absolute Gasteiger partial charge is 0.436 e. The minimum atomic E-state index is -4.59. The predicted molar refractivity (Wildman–Crippen MR) is 118 cm³/mol. The van der Waals surface area contributed by atoms with E-state index in [2.05, 4.69) is 10.4 Å². The molecule has 174 valence electrons. The SMILES string of the molecule is O=C(Nc1cccc(C(F)(F)F)c1)c1cc2ccccc2oc1=NNS(=O)(=O)c1ccccc1. The molecule has 0 aliphatic heterocycles. The van der Waals surface area contributed by atoms with Gasteiger partial charge >= 0.3 is 6.18 Å². The van der Waals surface area contributed by atoms with Gasteiger partial charge in [-0.05, 0) is 42.5 Å². The number of nitrogens with one attached hydrogen (secondary N) is 2. The summed E-state index contributed by atoms with van der Waals surface area (Å²) in [7, 11) is -4.07. The molecule has 0 unspecified atom stereocenters. The summed E-state index contributed by atoms with van der Waals surface area (Å²) in [6.07, 6.45) is -4.59. The van der Waals surface area contributed by atoms with Gasteiger partial charge in [-0.2, -0.15) is 26.4 Å². The van der Waals surface area contributed by atoms with Crippen molar-refractivity contribution in [1.82, 2.24) is 4.83 Å². The van der Waals surface area contributed by atoms with Crippen molar-refractivity contribution in [3.05, 3.63) is 102 Å². The van der Waals surface area contributed by atoms with Gasteiger partial charge in [0.25, 0.3) is 15.9 Å². The van der Waals surface area contributed by atoms with Crippen LogP contribution < -0.4 is 15.7 Å². The second-order valence-electron chi connectivity index (χ2n) is 7.06. The standard InChI is InChI=1S/C23H16F3N3O4S/c24-23(25,26)16-8-6-9-17(14-16)27-21(30)19-13-15-7-4-5-12-20(15)33-22(19)28-29-34(31,32)18-10-2-1-3-11-18/h1-14,29H,(H,27,30). The number of anilines is 1. The molecule has 0 spiro atoms. The molecule has 0 bridgehead atoms. The number of sulfonamides is 1. The van der Waals surface area contributed by atoms with E-state index in [1.165, 1.54) is 36.4 Å². The second-order valence-corrected chi connectivity index (χ2v) is 8.72. The van der Waals surface area contributed by atoms with Crippen LogP contribution in [0.4, 0.5) is 18.9 Å². The van der Waals surface area contributed by atoms with Crippen molar-refractivity contribution < 1.29 is 30.8 Å². The highest BCUT2D eigenvalue weighted by Crippen LogP contribution is 2.30. The molecule has 4 rings (SSSR count). The first-order chi connectivity index (χ1) is 16.1. The van der Waals surface area contributed by atoms with E-state index >= 15 is 0 Å². The monoisotopic (exact) mass is 487 g/mol. The van der Waals surface area contributed by atoms with Crippen molar-refractivity contribution in [1.29, 1.82) is 0 Å². The average Bonchev–Trinajstić information content (AvgIpc) is 2.82. The van der Waals surface area contributed by atoms with E-state index < -0.39 is 27.7 Å². The zero-order valence-electron chi connectivity index (χ0n) is 17.2. The first-order valence-corrected chi connectivity index (χ1v) is 11.2. The molecule has 1 aromatic heterocycles. The van der Waals surface area contributed by atoms with Crippen LogP contribution in [0.25, 0.3) is 11.0 Å². The molecular formula is C23H16F3N3O4S. The van der Waals surface area contributed by atoms with Crippen molar-refractivity contribution in [3.8, 4) is 0 Å². The maximum Gasteiger partial charge on any atom is 0.416 e. The van der Waals surface area contributed by atoms with Gasteiger partial charge < -0.3 is 9.73 Å². The Labute approximate surface area is 191 Å². The number of carbonyl (C=O) groups is 1. The lowest BCUT2D eigenvalue weighted by atomic mass is 10.1. The van der Waals surface area contributed by atoms with Crippen LogP contribution in [0.15, 0.2) is 99.3 Å². The first kappa shape index (κ1) is 23.1. The van der Waals surface area contributed by atoms with Crippen molar-refractivity contribution >= 4 is 32.6 Å². The van der Waals surface area contributed by atoms with Gasteiger partial charge in [0.2, 0.25) is 5.55 Å². The number of fused-ring (bicyclic) bond motifs is 1. The van der Waals surface area contributed by atoms with Crippen LogP contribution in [0.5, 0.6) is 0 Å². The number of halogens is 3. The van der Waals surface area contributed by atoms with E-state index in [4.69, 9.17) is 4.42 Å². The zero-order chi connectivity index (χ0) is 24.3. The molecule has 0 saturated heterocycles. The fraction of sp³-hybridized carbons (Fsp3) is 0.0435. The molecular weight excluding hydrogens is 471 g/mol. The number of hydrogen-bond donors (Lipinski definition) is 2. The molecule has 11 heteroatoms. The molecule has 1 heterocycles. The molecule has 4 aromatic rings. The van der Waals surface area contributed by atoms with Crippen LogP contribution in [0, 0.1) is 0 Å².